The number of hydrogen-bond donors (Lipinski definition) is 1. The average molecular weight is 541 g/mol. The molecule has 1 aliphatic heterocycles. The van der Waals surface area contributed by atoms with Crippen LogP contribution in [0.4, 0.5) is 22.0 Å². The zero-order valence-corrected chi connectivity index (χ0v) is 20.0. The van der Waals surface area contributed by atoms with Gasteiger partial charge in [0, 0.05) is 19.2 Å². The number of rotatable bonds is 7. The lowest BCUT2D eigenvalue weighted by Gasteiger charge is -2.23. The number of halogens is 5. The highest BCUT2D eigenvalue weighted by molar-refractivity contribution is 7.89. The number of amides is 1. The van der Waals surface area contributed by atoms with Gasteiger partial charge in [-0.25, -0.2) is 17.2 Å². The number of ether oxygens (including phenoxy) is 1. The zero-order chi connectivity index (χ0) is 26.8. The maximum atomic E-state index is 13.6. The predicted octanol–water partition coefficient (Wildman–Crippen LogP) is 5.25. The second kappa shape index (κ2) is 10.5. The Labute approximate surface area is 209 Å². The molecule has 12 heteroatoms. The highest BCUT2D eigenvalue weighted by Gasteiger charge is 2.39. The van der Waals surface area contributed by atoms with Crippen LogP contribution in [0.2, 0.25) is 0 Å². The van der Waals surface area contributed by atoms with Crippen LogP contribution in [-0.4, -0.2) is 31.2 Å². The van der Waals surface area contributed by atoms with Crippen molar-refractivity contribution in [1.82, 2.24) is 9.62 Å². The summed E-state index contributed by atoms with van der Waals surface area (Å²) in [6.07, 6.45) is -3.83. The summed E-state index contributed by atoms with van der Waals surface area (Å²) in [5.41, 5.74) is -0.209. The number of carbonyl (C=O) groups is 1. The van der Waals surface area contributed by atoms with Gasteiger partial charge in [0.05, 0.1) is 10.5 Å². The van der Waals surface area contributed by atoms with Gasteiger partial charge in [0.1, 0.15) is 29.2 Å². The van der Waals surface area contributed by atoms with Gasteiger partial charge in [-0.3, -0.25) is 4.79 Å². The quantitative estimate of drug-likeness (QED) is 0.416. The molecule has 4 rings (SSSR count). The van der Waals surface area contributed by atoms with Crippen LogP contribution < -0.4 is 10.1 Å². The Hall–Kier alpha value is -3.51. The second-order valence-corrected chi connectivity index (χ2v) is 10.3. The van der Waals surface area contributed by atoms with E-state index in [1.807, 2.05) is 0 Å². The van der Waals surface area contributed by atoms with Crippen molar-refractivity contribution in [3.05, 3.63) is 89.5 Å². The van der Waals surface area contributed by atoms with Gasteiger partial charge >= 0.3 is 6.18 Å². The lowest BCUT2D eigenvalue weighted by atomic mass is 10.2. The van der Waals surface area contributed by atoms with Crippen LogP contribution in [0.25, 0.3) is 0 Å². The molecule has 1 heterocycles. The van der Waals surface area contributed by atoms with Gasteiger partial charge in [-0.15, -0.1) is 0 Å². The fourth-order valence-corrected chi connectivity index (χ4v) is 5.68. The van der Waals surface area contributed by atoms with Crippen molar-refractivity contribution in [3.8, 4) is 11.5 Å². The highest BCUT2D eigenvalue weighted by atomic mass is 32.2. The predicted molar refractivity (Wildman–Crippen MR) is 123 cm³/mol. The van der Waals surface area contributed by atoms with Gasteiger partial charge in [0.25, 0.3) is 0 Å². The molecule has 0 spiro atoms. The maximum Gasteiger partial charge on any atom is 0.416 e. The molecule has 0 radical (unpaired) electrons. The van der Waals surface area contributed by atoms with E-state index >= 15 is 0 Å². The molecule has 3 aromatic carbocycles. The summed E-state index contributed by atoms with van der Waals surface area (Å²) in [5, 5.41) is 2.66. The number of alkyl halides is 3. The van der Waals surface area contributed by atoms with Gasteiger partial charge in [-0.2, -0.15) is 17.5 Å². The topological polar surface area (TPSA) is 75.7 Å². The molecule has 6 nitrogen and oxygen atoms in total. The normalized spacial score (nSPS) is 16.5. The van der Waals surface area contributed by atoms with Gasteiger partial charge in [0.2, 0.25) is 15.9 Å². The average Bonchev–Trinajstić information content (AvgIpc) is 3.33. The number of hydrogen-bond acceptors (Lipinski definition) is 4. The number of carbonyl (C=O) groups excluding carboxylic acids is 1. The minimum Gasteiger partial charge on any atom is -0.457 e. The van der Waals surface area contributed by atoms with Gasteiger partial charge in [0.15, 0.2) is 0 Å². The Kier molecular flexibility index (Phi) is 7.51. The SMILES string of the molecule is O=C(NCc1cccc(Oc2ccc(C(F)(F)F)cc2)c1)[C@@H]1CCCN1S(=O)(=O)c1cc(F)cc(F)c1. The maximum absolute atomic E-state index is 13.6. The second-order valence-electron chi connectivity index (χ2n) is 8.37. The molecule has 37 heavy (non-hydrogen) atoms. The summed E-state index contributed by atoms with van der Waals surface area (Å²) in [7, 11) is -4.31. The van der Waals surface area contributed by atoms with E-state index in [1.165, 1.54) is 12.1 Å². The molecule has 3 aromatic rings. The summed E-state index contributed by atoms with van der Waals surface area (Å²) < 4.78 is 97.8. The fraction of sp³-hybridized carbons (Fsp3) is 0.240. The first-order chi connectivity index (χ1) is 17.4. The van der Waals surface area contributed by atoms with E-state index in [1.54, 1.807) is 24.3 Å². The summed E-state index contributed by atoms with van der Waals surface area (Å²) >= 11 is 0. The Morgan fingerprint density at radius 1 is 0.973 bits per heavy atom. The smallest absolute Gasteiger partial charge is 0.416 e. The molecule has 0 saturated carbocycles. The third-order valence-corrected chi connectivity index (χ3v) is 7.62. The molecule has 1 N–H and O–H groups in total. The van der Waals surface area contributed by atoms with Gasteiger partial charge < -0.3 is 10.1 Å². The lowest BCUT2D eigenvalue weighted by molar-refractivity contribution is -0.137. The van der Waals surface area contributed by atoms with Gasteiger partial charge in [-0.05, 0) is 66.9 Å². The van der Waals surface area contributed by atoms with E-state index in [0.29, 0.717) is 35.9 Å². The van der Waals surface area contributed by atoms with E-state index in [2.05, 4.69) is 5.32 Å². The molecule has 1 atom stereocenters. The molecule has 196 valence electrons. The summed E-state index contributed by atoms with van der Waals surface area (Å²) in [6.45, 7) is 0.0387. The first-order valence-electron chi connectivity index (χ1n) is 11.1. The van der Waals surface area contributed by atoms with Crippen LogP contribution in [0.15, 0.2) is 71.6 Å². The Morgan fingerprint density at radius 3 is 2.30 bits per heavy atom. The number of nitrogens with one attached hydrogen (secondary N) is 1. The van der Waals surface area contributed by atoms with Crippen molar-refractivity contribution in [1.29, 1.82) is 0 Å². The summed E-state index contributed by atoms with van der Waals surface area (Å²) in [5.74, 6) is -2.15. The Balaban J connectivity index is 1.41. The van der Waals surface area contributed by atoms with E-state index in [-0.39, 0.29) is 25.3 Å². The third kappa shape index (κ3) is 6.25. The van der Waals surface area contributed by atoms with Crippen molar-refractivity contribution < 1.29 is 39.9 Å². The standard InChI is InChI=1S/C25H21F5N2O4S/c26-18-12-19(27)14-22(13-18)37(34,35)32-10-2-5-23(32)24(33)31-15-16-3-1-4-21(11-16)36-20-8-6-17(7-9-20)25(28,29)30/h1,3-4,6-9,11-14,23H,2,5,10,15H2,(H,31,33)/t23-/m0/s1. The van der Waals surface area contributed by atoms with Crippen molar-refractivity contribution in [2.75, 3.05) is 6.54 Å². The third-order valence-electron chi connectivity index (χ3n) is 5.73. The van der Waals surface area contributed by atoms with Crippen LogP contribution >= 0.6 is 0 Å². The van der Waals surface area contributed by atoms with Crippen LogP contribution in [0.1, 0.15) is 24.0 Å². The molecule has 1 amide bonds. The Bertz CT molecular complexity index is 1370. The largest absolute Gasteiger partial charge is 0.457 e. The molecular weight excluding hydrogens is 519 g/mol. The van der Waals surface area contributed by atoms with Crippen molar-refractivity contribution in [3.63, 3.8) is 0 Å². The van der Waals surface area contributed by atoms with Crippen molar-refractivity contribution in [2.45, 2.75) is 36.5 Å². The Morgan fingerprint density at radius 2 is 1.65 bits per heavy atom. The molecule has 1 aliphatic rings. The first-order valence-corrected chi connectivity index (χ1v) is 12.6. The van der Waals surface area contributed by atoms with E-state index < -0.39 is 50.2 Å². The molecule has 1 fully saturated rings. The number of sulfonamides is 1. The first kappa shape index (κ1) is 26.6. The van der Waals surface area contributed by atoms with Crippen LogP contribution in [-0.2, 0) is 27.5 Å². The summed E-state index contributed by atoms with van der Waals surface area (Å²) in [6, 6.07) is 11.6. The van der Waals surface area contributed by atoms with Crippen LogP contribution in [0, 0.1) is 11.6 Å². The minimum atomic E-state index is -4.46. The van der Waals surface area contributed by atoms with Crippen molar-refractivity contribution in [2.24, 2.45) is 0 Å². The minimum absolute atomic E-state index is 0.0159. The molecule has 0 bridgehead atoms. The van der Waals surface area contributed by atoms with E-state index in [9.17, 15) is 35.2 Å². The van der Waals surface area contributed by atoms with Gasteiger partial charge in [-0.1, -0.05) is 12.1 Å². The molecule has 0 aromatic heterocycles. The molecular formula is C25H21F5N2O4S. The van der Waals surface area contributed by atoms with Crippen LogP contribution in [0.3, 0.4) is 0 Å². The zero-order valence-electron chi connectivity index (χ0n) is 19.1. The molecule has 1 saturated heterocycles. The molecule has 0 aliphatic carbocycles. The highest BCUT2D eigenvalue weighted by Crippen LogP contribution is 2.32. The summed E-state index contributed by atoms with van der Waals surface area (Å²) in [4.78, 5) is 12.3. The number of nitrogens with zero attached hydrogens (tertiary/aromatic N) is 1. The fourth-order valence-electron chi connectivity index (χ4n) is 3.98. The number of benzene rings is 3. The van der Waals surface area contributed by atoms with Crippen molar-refractivity contribution >= 4 is 15.9 Å². The van der Waals surface area contributed by atoms with Crippen LogP contribution in [0.5, 0.6) is 11.5 Å². The molecule has 0 unspecified atom stereocenters. The lowest BCUT2D eigenvalue weighted by Crippen LogP contribution is -2.45. The monoisotopic (exact) mass is 540 g/mol. The van der Waals surface area contributed by atoms with E-state index in [0.717, 1.165) is 16.4 Å². The van der Waals surface area contributed by atoms with E-state index in [4.69, 9.17) is 4.74 Å².